The highest BCUT2D eigenvalue weighted by Crippen LogP contribution is 2.23. The smallest absolute Gasteiger partial charge is 0.253 e. The molecule has 3 fully saturated rings. The van der Waals surface area contributed by atoms with E-state index in [9.17, 15) is 0 Å². The second-order valence-corrected chi connectivity index (χ2v) is 29.2. The van der Waals surface area contributed by atoms with Crippen LogP contribution in [-0.4, -0.2) is 195 Å². The van der Waals surface area contributed by atoms with Gasteiger partial charge in [0.2, 0.25) is 0 Å². The molecule has 3 saturated heterocycles. The van der Waals surface area contributed by atoms with E-state index in [4.69, 9.17) is 0 Å². The molecule has 3 heterocycles. The number of thioether (sulfide) groups is 6. The quantitative estimate of drug-likeness (QED) is 0.160. The van der Waals surface area contributed by atoms with Crippen LogP contribution in [0.2, 0.25) is 0 Å². The van der Waals surface area contributed by atoms with Gasteiger partial charge in [0.05, 0.1) is 0 Å². The highest BCUT2D eigenvalue weighted by Gasteiger charge is 2.26. The molecule has 4 aromatic rings. The first kappa shape index (κ1) is 65.8. The van der Waals surface area contributed by atoms with Crippen molar-refractivity contribution in [1.82, 2.24) is 29.4 Å². The van der Waals surface area contributed by atoms with E-state index in [-0.39, 0.29) is 17.7 Å². The maximum Gasteiger partial charge on any atom is 0.253 e. The first-order valence-corrected chi connectivity index (χ1v) is 37.7. The average molecular weight is 1210 g/mol. The van der Waals surface area contributed by atoms with E-state index >= 15 is 14.4 Å². The Balaban J connectivity index is 1.04. The number of rotatable bonds is 9. The zero-order valence-electron chi connectivity index (χ0n) is 48.8. The van der Waals surface area contributed by atoms with Gasteiger partial charge in [0.25, 0.3) is 17.7 Å². The van der Waals surface area contributed by atoms with Crippen molar-refractivity contribution in [2.45, 2.75) is 96.7 Å². The summed E-state index contributed by atoms with van der Waals surface area (Å²) in [7, 11) is 0. The summed E-state index contributed by atoms with van der Waals surface area (Å²) in [4.78, 5) is 59.4. The Bertz CT molecular complexity index is 2020. The molecule has 81 heavy (non-hydrogen) atoms. The van der Waals surface area contributed by atoms with Gasteiger partial charge in [-0.15, -0.1) is 0 Å². The standard InChI is InChI=1S/C66H96N6O3S6/c73-64(70-34-16-46-76-40-10-28-67(29-11-41-77-47-17-35-70)55-58-22-4-1-5-23-58)61-52-62(65(74)71-36-18-48-78-42-12-30-68(31-13-43-79-49-19-37-71)56-59-24-6-2-7-25-59)54-63(53-61)66(75)72-38-20-50-80-44-14-32-69(33-15-45-81-51-21-39-72)57-60-26-8-3-9-27-60/h1-9,22-27,52-54H,10-21,28-51,55-57H2. The van der Waals surface area contributed by atoms with Crippen LogP contribution in [0.4, 0.5) is 0 Å². The Morgan fingerprint density at radius 2 is 0.457 bits per heavy atom. The summed E-state index contributed by atoms with van der Waals surface area (Å²) in [5.74, 6) is 12.4. The molecule has 9 nitrogen and oxygen atoms in total. The molecule has 0 aliphatic carbocycles. The van der Waals surface area contributed by atoms with Crippen LogP contribution in [0.25, 0.3) is 0 Å². The number of carbonyl (C=O) groups excluding carboxylic acids is 3. The maximum atomic E-state index is 15.1. The van der Waals surface area contributed by atoms with E-state index in [0.29, 0.717) is 56.0 Å². The molecule has 444 valence electrons. The zero-order valence-corrected chi connectivity index (χ0v) is 53.7. The van der Waals surface area contributed by atoms with Crippen LogP contribution in [0.5, 0.6) is 0 Å². The molecule has 3 aliphatic heterocycles. The van der Waals surface area contributed by atoms with Crippen LogP contribution < -0.4 is 0 Å². The van der Waals surface area contributed by atoms with Gasteiger partial charge < -0.3 is 14.7 Å². The maximum absolute atomic E-state index is 15.1. The number of carbonyl (C=O) groups is 3. The molecular weight excluding hydrogens is 1120 g/mol. The van der Waals surface area contributed by atoms with Crippen molar-refractivity contribution in [3.8, 4) is 0 Å². The van der Waals surface area contributed by atoms with Crippen molar-refractivity contribution in [2.24, 2.45) is 0 Å². The molecule has 0 spiro atoms. The van der Waals surface area contributed by atoms with Crippen LogP contribution in [0.15, 0.2) is 109 Å². The van der Waals surface area contributed by atoms with Gasteiger partial charge in [-0.2, -0.15) is 70.6 Å². The SMILES string of the molecule is O=C(c1cc(C(=O)N2CCCSCCCN(Cc3ccccc3)CCCSCCC2)cc(C(=O)N2CCCSCCCN(Cc3ccccc3)CCCSCCC2)c1)N1CCCSCCCN(Cc2ccccc2)CCCSCCC1. The van der Waals surface area contributed by atoms with Gasteiger partial charge in [-0.25, -0.2) is 0 Å². The normalized spacial score (nSPS) is 20.1. The van der Waals surface area contributed by atoms with Gasteiger partial charge >= 0.3 is 0 Å². The molecule has 0 radical (unpaired) electrons. The minimum absolute atomic E-state index is 0.0578. The van der Waals surface area contributed by atoms with E-state index < -0.39 is 0 Å². The van der Waals surface area contributed by atoms with Crippen LogP contribution in [0.3, 0.4) is 0 Å². The number of benzene rings is 4. The highest BCUT2D eigenvalue weighted by atomic mass is 32.2. The molecule has 4 aromatic carbocycles. The fourth-order valence-electron chi connectivity index (χ4n) is 10.9. The highest BCUT2D eigenvalue weighted by molar-refractivity contribution is 8.00. The van der Waals surface area contributed by atoms with Crippen LogP contribution in [-0.2, 0) is 19.6 Å². The second-order valence-electron chi connectivity index (χ2n) is 21.9. The third-order valence-corrected chi connectivity index (χ3v) is 22.1. The van der Waals surface area contributed by atoms with Gasteiger partial charge in [0.1, 0.15) is 0 Å². The number of hydrogen-bond donors (Lipinski definition) is 0. The van der Waals surface area contributed by atoms with Gasteiger partial charge in [-0.3, -0.25) is 29.1 Å². The second kappa shape index (κ2) is 40.6. The Morgan fingerprint density at radius 1 is 0.272 bits per heavy atom. The minimum atomic E-state index is -0.0578. The average Bonchev–Trinajstić information content (AvgIpc) is 3.50. The number of amides is 3. The van der Waals surface area contributed by atoms with Crippen molar-refractivity contribution >= 4 is 88.3 Å². The summed E-state index contributed by atoms with van der Waals surface area (Å²) in [5, 5.41) is 0. The first-order chi connectivity index (χ1) is 40.0. The molecule has 3 aliphatic rings. The van der Waals surface area contributed by atoms with Crippen LogP contribution in [0.1, 0.15) is 125 Å². The van der Waals surface area contributed by atoms with E-state index in [1.54, 1.807) is 0 Å². The fraction of sp³-hybridized carbons (Fsp3) is 0.591. The lowest BCUT2D eigenvalue weighted by Crippen LogP contribution is -2.37. The monoisotopic (exact) mass is 1210 g/mol. The minimum Gasteiger partial charge on any atom is -0.339 e. The van der Waals surface area contributed by atoms with Crippen LogP contribution >= 0.6 is 70.6 Å². The summed E-state index contributed by atoms with van der Waals surface area (Å²) in [6, 6.07) is 38.2. The summed E-state index contributed by atoms with van der Waals surface area (Å²) >= 11 is 12.0. The molecule has 15 heteroatoms. The van der Waals surface area contributed by atoms with Gasteiger partial charge in [0, 0.05) is 75.6 Å². The van der Waals surface area contributed by atoms with E-state index in [1.807, 2.05) is 103 Å². The van der Waals surface area contributed by atoms with Crippen LogP contribution in [0, 0.1) is 0 Å². The van der Waals surface area contributed by atoms with E-state index in [1.165, 1.54) is 16.7 Å². The third-order valence-electron chi connectivity index (χ3n) is 15.2. The summed E-state index contributed by atoms with van der Waals surface area (Å²) in [6.07, 6.45) is 12.4. The zero-order chi connectivity index (χ0) is 56.2. The van der Waals surface area contributed by atoms with Crippen molar-refractivity contribution in [3.05, 3.63) is 143 Å². The summed E-state index contributed by atoms with van der Waals surface area (Å²) < 4.78 is 0. The molecular formula is C66H96N6O3S6. The lowest BCUT2D eigenvalue weighted by Gasteiger charge is -2.27. The molecule has 0 unspecified atom stereocenters. The van der Waals surface area contributed by atoms with Gasteiger partial charge in [0.15, 0.2) is 0 Å². The molecule has 7 rings (SSSR count). The summed E-state index contributed by atoms with van der Waals surface area (Å²) in [5.41, 5.74) is 5.57. The molecule has 0 saturated carbocycles. The number of nitrogens with zero attached hydrogens (tertiary/aromatic N) is 6. The fourth-order valence-corrected chi connectivity index (χ4v) is 16.1. The predicted octanol–water partition coefficient (Wildman–Crippen LogP) is 13.6. The largest absolute Gasteiger partial charge is 0.339 e. The van der Waals surface area contributed by atoms with E-state index in [2.05, 4.69) is 106 Å². The molecule has 0 bridgehead atoms. The lowest BCUT2D eigenvalue weighted by molar-refractivity contribution is 0.0753. The Hall–Kier alpha value is -2.73. The number of hydrogen-bond acceptors (Lipinski definition) is 12. The van der Waals surface area contributed by atoms with Crippen molar-refractivity contribution in [1.29, 1.82) is 0 Å². The Labute approximate surface area is 515 Å². The molecule has 3 amide bonds. The van der Waals surface area contributed by atoms with Gasteiger partial charge in [-0.05, 0) is 220 Å². The first-order valence-electron chi connectivity index (χ1n) is 30.8. The van der Waals surface area contributed by atoms with Crippen molar-refractivity contribution in [2.75, 3.05) is 148 Å². The van der Waals surface area contributed by atoms with Gasteiger partial charge in [-0.1, -0.05) is 91.0 Å². The van der Waals surface area contributed by atoms with E-state index in [0.717, 1.165) is 205 Å². The Morgan fingerprint density at radius 3 is 0.654 bits per heavy atom. The van der Waals surface area contributed by atoms with Crippen molar-refractivity contribution in [3.63, 3.8) is 0 Å². The molecule has 0 aromatic heterocycles. The Kier molecular flexibility index (Phi) is 33.0. The van der Waals surface area contributed by atoms with Crippen molar-refractivity contribution < 1.29 is 14.4 Å². The lowest BCUT2D eigenvalue weighted by atomic mass is 10.0. The summed E-state index contributed by atoms with van der Waals surface area (Å²) in [6.45, 7) is 13.6. The molecule has 0 N–H and O–H groups in total. The molecule has 0 atom stereocenters. The topological polar surface area (TPSA) is 70.6 Å². The third kappa shape index (κ3) is 26.2. The predicted molar refractivity (Wildman–Crippen MR) is 359 cm³/mol.